The molecule has 0 aliphatic heterocycles. The van der Waals surface area contributed by atoms with E-state index < -0.39 is 6.10 Å². The van der Waals surface area contributed by atoms with Crippen molar-refractivity contribution >= 4 is 57.0 Å². The zero-order chi connectivity index (χ0) is 23.4. The number of hydrogen-bond donors (Lipinski definition) is 2. The number of benzene rings is 2. The topological polar surface area (TPSA) is 89.0 Å². The zero-order valence-corrected chi connectivity index (χ0v) is 19.5. The summed E-state index contributed by atoms with van der Waals surface area (Å²) in [5.74, 6) is 0. The number of aliphatic hydroxyl groups excluding tert-OH is 1. The van der Waals surface area contributed by atoms with Crippen molar-refractivity contribution in [1.82, 2.24) is 19.5 Å². The van der Waals surface area contributed by atoms with E-state index >= 15 is 0 Å². The predicted octanol–water partition coefficient (Wildman–Crippen LogP) is 6.46. The number of hydrogen-bond acceptors (Lipinski definition) is 6. The maximum absolute atomic E-state index is 9.95. The summed E-state index contributed by atoms with van der Waals surface area (Å²) in [6.45, 7) is 1.94. The molecule has 2 atom stereocenters. The zero-order valence-electron chi connectivity index (χ0n) is 18.0. The molecule has 34 heavy (non-hydrogen) atoms. The monoisotopic (exact) mass is 491 g/mol. The van der Waals surface area contributed by atoms with Gasteiger partial charge in [0.25, 0.3) is 6.01 Å². The van der Waals surface area contributed by atoms with Crippen LogP contribution in [-0.4, -0.2) is 30.7 Å². The van der Waals surface area contributed by atoms with Crippen molar-refractivity contribution in [1.29, 1.82) is 0 Å². The van der Waals surface area contributed by atoms with Crippen molar-refractivity contribution in [2.24, 2.45) is 0 Å². The number of halogens is 2. The molecule has 0 bridgehead atoms. The Bertz CT molecular complexity index is 1570. The Morgan fingerprint density at radius 2 is 1.94 bits per heavy atom. The summed E-state index contributed by atoms with van der Waals surface area (Å²) in [5.41, 5.74) is 5.80. The fraction of sp³-hybridized carbons (Fsp3) is 0.160. The molecule has 0 amide bonds. The van der Waals surface area contributed by atoms with Crippen LogP contribution in [0, 0.1) is 6.92 Å². The molecule has 2 N–H and O–H groups in total. The fourth-order valence-electron chi connectivity index (χ4n) is 4.45. The first-order valence-electron chi connectivity index (χ1n) is 10.8. The smallest absolute Gasteiger partial charge is 0.300 e. The minimum Gasteiger partial charge on any atom is -0.423 e. The lowest BCUT2D eigenvalue weighted by atomic mass is 10.1. The van der Waals surface area contributed by atoms with Gasteiger partial charge < -0.3 is 19.4 Å². The van der Waals surface area contributed by atoms with Crippen LogP contribution >= 0.6 is 23.2 Å². The van der Waals surface area contributed by atoms with Gasteiger partial charge in [0.15, 0.2) is 5.58 Å². The quantitative estimate of drug-likeness (QED) is 0.221. The Balaban J connectivity index is 1.34. The summed E-state index contributed by atoms with van der Waals surface area (Å²) in [5, 5.41) is 15.0. The molecule has 170 valence electrons. The number of aryl methyl sites for hydroxylation is 1. The molecular formula is C25H19Cl2N5O2. The van der Waals surface area contributed by atoms with E-state index in [4.69, 9.17) is 27.6 Å². The number of anilines is 2. The third-order valence-corrected chi connectivity index (χ3v) is 6.55. The highest BCUT2D eigenvalue weighted by atomic mass is 35.5. The predicted molar refractivity (Wildman–Crippen MR) is 134 cm³/mol. The van der Waals surface area contributed by atoms with Gasteiger partial charge in [-0.3, -0.25) is 0 Å². The molecule has 3 aromatic heterocycles. The molecule has 0 fully saturated rings. The maximum Gasteiger partial charge on any atom is 0.300 e. The average molecular weight is 492 g/mol. The summed E-state index contributed by atoms with van der Waals surface area (Å²) in [6.07, 6.45) is 7.42. The van der Waals surface area contributed by atoms with Crippen molar-refractivity contribution < 1.29 is 9.52 Å². The van der Waals surface area contributed by atoms with Crippen molar-refractivity contribution in [3.63, 3.8) is 0 Å². The molecule has 0 spiro atoms. The Labute approximate surface area is 204 Å². The first-order chi connectivity index (χ1) is 16.5. The van der Waals surface area contributed by atoms with Gasteiger partial charge in [0.1, 0.15) is 22.6 Å². The van der Waals surface area contributed by atoms with Crippen LogP contribution in [-0.2, 0) is 0 Å². The SMILES string of the molecule is Cc1cc(Cl)cc2nc(Nc3ccc(-c4cn([C@@H]5C=C[C@H](O)C5)c5ncnc(Cl)c45)cc3)oc12. The highest BCUT2D eigenvalue weighted by Crippen LogP contribution is 2.38. The van der Waals surface area contributed by atoms with Gasteiger partial charge in [-0.1, -0.05) is 47.5 Å². The summed E-state index contributed by atoms with van der Waals surface area (Å²) >= 11 is 12.6. The second-order valence-corrected chi connectivity index (χ2v) is 9.16. The molecule has 7 nitrogen and oxygen atoms in total. The van der Waals surface area contributed by atoms with E-state index in [0.29, 0.717) is 33.7 Å². The van der Waals surface area contributed by atoms with E-state index in [-0.39, 0.29) is 6.04 Å². The minimum absolute atomic E-state index is 0.00859. The van der Waals surface area contributed by atoms with E-state index in [2.05, 4.69) is 20.3 Å². The highest BCUT2D eigenvalue weighted by Gasteiger charge is 2.23. The first kappa shape index (κ1) is 21.2. The summed E-state index contributed by atoms with van der Waals surface area (Å²) in [7, 11) is 0. The van der Waals surface area contributed by atoms with E-state index in [1.807, 2.05) is 54.1 Å². The van der Waals surface area contributed by atoms with Gasteiger partial charge in [-0.2, -0.15) is 4.98 Å². The van der Waals surface area contributed by atoms with Crippen molar-refractivity contribution in [3.05, 3.63) is 76.8 Å². The van der Waals surface area contributed by atoms with Crippen LogP contribution in [0.4, 0.5) is 11.7 Å². The molecule has 3 heterocycles. The second-order valence-electron chi connectivity index (χ2n) is 8.36. The van der Waals surface area contributed by atoms with Crippen molar-refractivity contribution in [2.75, 3.05) is 5.32 Å². The third kappa shape index (κ3) is 3.62. The van der Waals surface area contributed by atoms with E-state index in [1.165, 1.54) is 6.33 Å². The molecule has 2 aromatic carbocycles. The Morgan fingerprint density at radius 1 is 1.12 bits per heavy atom. The van der Waals surface area contributed by atoms with E-state index in [0.717, 1.165) is 33.4 Å². The average Bonchev–Trinajstić information content (AvgIpc) is 3.51. The van der Waals surface area contributed by atoms with Crippen molar-refractivity contribution in [3.8, 4) is 11.1 Å². The van der Waals surface area contributed by atoms with Gasteiger partial charge in [0, 0.05) is 28.9 Å². The van der Waals surface area contributed by atoms with Gasteiger partial charge in [-0.15, -0.1) is 0 Å². The molecule has 9 heteroatoms. The summed E-state index contributed by atoms with van der Waals surface area (Å²) in [6, 6.07) is 11.9. The van der Waals surface area contributed by atoms with Gasteiger partial charge in [0.2, 0.25) is 0 Å². The summed E-state index contributed by atoms with van der Waals surface area (Å²) in [4.78, 5) is 13.2. The lowest BCUT2D eigenvalue weighted by Crippen LogP contribution is -2.07. The standard InChI is InChI=1S/C25H19Cl2N5O2/c1-13-8-15(26)9-20-22(13)34-25(31-20)30-16-4-2-14(3-5-16)19-11-32(17-6-7-18(33)10-17)24-21(19)23(27)28-12-29-24/h2-9,11-12,17-18,33H,10H2,1H3,(H,30,31)/t17-,18+/m1/s1. The van der Waals surface area contributed by atoms with Crippen LogP contribution in [0.1, 0.15) is 18.0 Å². The van der Waals surface area contributed by atoms with Crippen LogP contribution in [0.15, 0.2) is 65.5 Å². The molecule has 1 aliphatic carbocycles. The largest absolute Gasteiger partial charge is 0.423 e. The number of fused-ring (bicyclic) bond motifs is 2. The fourth-order valence-corrected chi connectivity index (χ4v) is 4.95. The maximum atomic E-state index is 9.95. The Hall–Kier alpha value is -3.39. The molecule has 0 radical (unpaired) electrons. The van der Waals surface area contributed by atoms with E-state index in [9.17, 15) is 5.11 Å². The highest BCUT2D eigenvalue weighted by molar-refractivity contribution is 6.35. The normalized spacial score (nSPS) is 17.8. The van der Waals surface area contributed by atoms with Crippen LogP contribution in [0.25, 0.3) is 33.3 Å². The number of allylic oxidation sites excluding steroid dienone is 1. The number of nitrogens with zero attached hydrogens (tertiary/aromatic N) is 4. The van der Waals surface area contributed by atoms with E-state index in [1.54, 1.807) is 12.1 Å². The lowest BCUT2D eigenvalue weighted by Gasteiger charge is -2.12. The van der Waals surface area contributed by atoms with Gasteiger partial charge in [0.05, 0.1) is 17.5 Å². The molecule has 0 unspecified atom stereocenters. The number of rotatable bonds is 4. The van der Waals surface area contributed by atoms with Crippen LogP contribution in [0.3, 0.4) is 0 Å². The minimum atomic E-state index is -0.458. The third-order valence-electron chi connectivity index (χ3n) is 6.05. The number of aliphatic hydroxyl groups is 1. The van der Waals surface area contributed by atoms with Crippen LogP contribution in [0.2, 0.25) is 10.2 Å². The lowest BCUT2D eigenvalue weighted by molar-refractivity contribution is 0.211. The molecule has 6 rings (SSSR count). The molecule has 1 aliphatic rings. The number of nitrogens with one attached hydrogen (secondary N) is 1. The van der Waals surface area contributed by atoms with Crippen LogP contribution in [0.5, 0.6) is 0 Å². The Kier molecular flexibility index (Phi) is 5.06. The van der Waals surface area contributed by atoms with Crippen molar-refractivity contribution in [2.45, 2.75) is 25.5 Å². The first-order valence-corrected chi connectivity index (χ1v) is 11.5. The van der Waals surface area contributed by atoms with Crippen LogP contribution < -0.4 is 5.32 Å². The second kappa shape index (κ2) is 8.13. The summed E-state index contributed by atoms with van der Waals surface area (Å²) < 4.78 is 7.91. The molecule has 0 saturated carbocycles. The molecule has 0 saturated heterocycles. The molecular weight excluding hydrogens is 473 g/mol. The van der Waals surface area contributed by atoms with Gasteiger partial charge in [-0.25, -0.2) is 9.97 Å². The molecule has 5 aromatic rings. The Morgan fingerprint density at radius 3 is 2.71 bits per heavy atom. The number of oxazole rings is 1. The van der Waals surface area contributed by atoms with Gasteiger partial charge in [-0.05, 0) is 42.3 Å². The number of aromatic nitrogens is 4. The van der Waals surface area contributed by atoms with Gasteiger partial charge >= 0.3 is 0 Å².